The van der Waals surface area contributed by atoms with Crippen LogP contribution in [-0.2, 0) is 13.1 Å². The smallest absolute Gasteiger partial charge is 0.337 e. The van der Waals surface area contributed by atoms with Gasteiger partial charge in [0, 0.05) is 13.1 Å². The van der Waals surface area contributed by atoms with Crippen molar-refractivity contribution in [2.24, 2.45) is 0 Å². The molecule has 0 saturated heterocycles. The number of carboxylic acid groups (broad SMARTS) is 2. The number of aromatic nitrogens is 4. The van der Waals surface area contributed by atoms with E-state index >= 15 is 0 Å². The van der Waals surface area contributed by atoms with Gasteiger partial charge in [0.1, 0.15) is 11.0 Å². The summed E-state index contributed by atoms with van der Waals surface area (Å²) in [7, 11) is 0. The molecule has 0 aliphatic rings. The van der Waals surface area contributed by atoms with Crippen molar-refractivity contribution >= 4 is 34.0 Å². The minimum atomic E-state index is -1.07. The molecule has 0 radical (unpaired) electrons. The second-order valence-corrected chi connectivity index (χ2v) is 8.97. The maximum atomic E-state index is 12.1. The van der Waals surface area contributed by atoms with Crippen LogP contribution >= 0.6 is 0 Å². The van der Waals surface area contributed by atoms with Crippen molar-refractivity contribution in [1.82, 2.24) is 19.1 Å². The Bertz CT molecular complexity index is 1690. The highest BCUT2D eigenvalue weighted by atomic mass is 16.4. The zero-order valence-corrected chi connectivity index (χ0v) is 20.2. The molecule has 0 spiro atoms. The Kier molecular flexibility index (Phi) is 5.69. The normalized spacial score (nSPS) is 11.3. The number of rotatable bonds is 7. The molecule has 0 aliphatic heterocycles. The fourth-order valence-corrected chi connectivity index (χ4v) is 4.83. The lowest BCUT2D eigenvalue weighted by Crippen LogP contribution is -2.08. The highest BCUT2D eigenvalue weighted by Gasteiger charge is 2.25. The van der Waals surface area contributed by atoms with Crippen LogP contribution in [-0.4, -0.2) is 41.3 Å². The van der Waals surface area contributed by atoms with Crippen LogP contribution in [0.15, 0.2) is 97.1 Å². The molecule has 0 unspecified atom stereocenters. The number of nitrogens with zero attached hydrogens (tertiary/aromatic N) is 4. The second kappa shape index (κ2) is 9.33. The van der Waals surface area contributed by atoms with Gasteiger partial charge in [-0.05, 0) is 35.4 Å². The molecular formula is C30H22N4O4. The highest BCUT2D eigenvalue weighted by molar-refractivity contribution is 6.03. The fraction of sp³-hybridized carbons (Fsp3) is 0.0667. The number of benzene rings is 4. The van der Waals surface area contributed by atoms with Crippen molar-refractivity contribution in [2.45, 2.75) is 13.1 Å². The Morgan fingerprint density at radius 1 is 0.553 bits per heavy atom. The molecule has 0 amide bonds. The minimum absolute atomic E-state index is 0.0903. The van der Waals surface area contributed by atoms with Gasteiger partial charge in [0.2, 0.25) is 0 Å². The van der Waals surface area contributed by atoms with Gasteiger partial charge in [-0.3, -0.25) is 0 Å². The molecule has 38 heavy (non-hydrogen) atoms. The monoisotopic (exact) mass is 502 g/mol. The SMILES string of the molecule is O=C(O)c1cccc2c1nc(-c1nc3c(C(=O)O)cccc3n1Cc1ccccc1)n2Cc1ccccc1. The summed E-state index contributed by atoms with van der Waals surface area (Å²) in [4.78, 5) is 33.8. The maximum absolute atomic E-state index is 12.1. The Hall–Kier alpha value is -5.24. The van der Waals surface area contributed by atoms with Gasteiger partial charge in [-0.2, -0.15) is 0 Å². The summed E-state index contributed by atoms with van der Waals surface area (Å²) in [6, 6.07) is 29.8. The minimum Gasteiger partial charge on any atom is -0.478 e. The van der Waals surface area contributed by atoms with Gasteiger partial charge >= 0.3 is 11.9 Å². The second-order valence-electron chi connectivity index (χ2n) is 8.97. The molecule has 0 fully saturated rings. The zero-order chi connectivity index (χ0) is 26.2. The number of para-hydroxylation sites is 2. The molecule has 8 heteroatoms. The van der Waals surface area contributed by atoms with Crippen LogP contribution in [0.1, 0.15) is 31.8 Å². The van der Waals surface area contributed by atoms with Crippen LogP contribution in [0.25, 0.3) is 33.7 Å². The molecular weight excluding hydrogens is 480 g/mol. The van der Waals surface area contributed by atoms with Gasteiger partial charge in [0.05, 0.1) is 22.2 Å². The quantitative estimate of drug-likeness (QED) is 0.296. The van der Waals surface area contributed by atoms with Crippen molar-refractivity contribution < 1.29 is 19.8 Å². The predicted octanol–water partition coefficient (Wildman–Crippen LogP) is 5.55. The van der Waals surface area contributed by atoms with E-state index in [0.717, 1.165) is 11.1 Å². The van der Waals surface area contributed by atoms with E-state index in [1.54, 1.807) is 12.1 Å². The number of fused-ring (bicyclic) bond motifs is 2. The zero-order valence-electron chi connectivity index (χ0n) is 20.2. The van der Waals surface area contributed by atoms with E-state index in [2.05, 4.69) is 0 Å². The first-order valence-corrected chi connectivity index (χ1v) is 12.0. The van der Waals surface area contributed by atoms with Crippen LogP contribution in [0.5, 0.6) is 0 Å². The van der Waals surface area contributed by atoms with E-state index in [1.165, 1.54) is 12.1 Å². The van der Waals surface area contributed by atoms with Crippen LogP contribution in [0.4, 0.5) is 0 Å². The molecule has 6 rings (SSSR count). The summed E-state index contributed by atoms with van der Waals surface area (Å²) < 4.78 is 3.89. The van der Waals surface area contributed by atoms with E-state index in [9.17, 15) is 19.8 Å². The molecule has 6 aromatic rings. The topological polar surface area (TPSA) is 110 Å². The molecule has 4 aromatic carbocycles. The molecule has 2 aromatic heterocycles. The molecule has 2 N–H and O–H groups in total. The summed E-state index contributed by atoms with van der Waals surface area (Å²) >= 11 is 0. The lowest BCUT2D eigenvalue weighted by Gasteiger charge is -2.12. The van der Waals surface area contributed by atoms with E-state index in [-0.39, 0.29) is 11.1 Å². The third kappa shape index (κ3) is 3.98. The van der Waals surface area contributed by atoms with Gasteiger partial charge < -0.3 is 19.3 Å². The highest BCUT2D eigenvalue weighted by Crippen LogP contribution is 2.32. The molecule has 2 heterocycles. The van der Waals surface area contributed by atoms with Crippen molar-refractivity contribution in [3.63, 3.8) is 0 Å². The average molecular weight is 503 g/mol. The van der Waals surface area contributed by atoms with E-state index in [1.807, 2.05) is 81.9 Å². The molecule has 0 saturated carbocycles. The molecule has 0 bridgehead atoms. The van der Waals surface area contributed by atoms with Crippen molar-refractivity contribution in [2.75, 3.05) is 0 Å². The molecule has 186 valence electrons. The first kappa shape index (κ1) is 23.2. The summed E-state index contributed by atoms with van der Waals surface area (Å²) in [5.41, 5.74) is 4.20. The Morgan fingerprint density at radius 2 is 0.947 bits per heavy atom. The number of hydrogen-bond donors (Lipinski definition) is 2. The van der Waals surface area contributed by atoms with Crippen LogP contribution in [0, 0.1) is 0 Å². The van der Waals surface area contributed by atoms with Gasteiger partial charge in [-0.25, -0.2) is 19.6 Å². The fourth-order valence-electron chi connectivity index (χ4n) is 4.83. The van der Waals surface area contributed by atoms with Gasteiger partial charge in [-0.1, -0.05) is 72.8 Å². The lowest BCUT2D eigenvalue weighted by molar-refractivity contribution is 0.0688. The molecule has 0 atom stereocenters. The Balaban J connectivity index is 1.67. The van der Waals surface area contributed by atoms with E-state index in [4.69, 9.17) is 9.97 Å². The van der Waals surface area contributed by atoms with Gasteiger partial charge in [-0.15, -0.1) is 0 Å². The number of hydrogen-bond acceptors (Lipinski definition) is 4. The summed E-state index contributed by atoms with van der Waals surface area (Å²) in [5, 5.41) is 19.7. The predicted molar refractivity (Wildman–Crippen MR) is 143 cm³/mol. The number of aromatic carboxylic acids is 2. The summed E-state index contributed by atoms with van der Waals surface area (Å²) in [6.45, 7) is 0.853. The largest absolute Gasteiger partial charge is 0.478 e. The average Bonchev–Trinajstić information content (AvgIpc) is 3.47. The third-order valence-corrected chi connectivity index (χ3v) is 6.59. The third-order valence-electron chi connectivity index (χ3n) is 6.59. The standard InChI is InChI=1S/C30H22N4O4/c35-29(36)21-13-7-15-23-25(21)31-27(33(23)17-19-9-3-1-4-10-19)28-32-26-22(30(37)38)14-8-16-24(26)34(28)18-20-11-5-2-6-12-20/h1-16H,17-18H2,(H,35,36)(H,37,38). The lowest BCUT2D eigenvalue weighted by atomic mass is 10.2. The molecule has 8 nitrogen and oxygen atoms in total. The van der Waals surface area contributed by atoms with Crippen molar-refractivity contribution in [1.29, 1.82) is 0 Å². The first-order valence-electron chi connectivity index (χ1n) is 12.0. The summed E-state index contributed by atoms with van der Waals surface area (Å²) in [5.74, 6) is -1.23. The van der Waals surface area contributed by atoms with Gasteiger partial charge in [0.15, 0.2) is 11.6 Å². The number of carbonyl (C=O) groups is 2. The number of carboxylic acids is 2. The molecule has 0 aliphatic carbocycles. The number of imidazole rings is 2. The van der Waals surface area contributed by atoms with E-state index < -0.39 is 11.9 Å². The van der Waals surface area contributed by atoms with Crippen LogP contribution in [0.2, 0.25) is 0 Å². The van der Waals surface area contributed by atoms with Gasteiger partial charge in [0.25, 0.3) is 0 Å². The Labute approximate surface area is 217 Å². The maximum Gasteiger partial charge on any atom is 0.337 e. The van der Waals surface area contributed by atoms with E-state index in [0.29, 0.717) is 46.8 Å². The first-order chi connectivity index (χ1) is 18.5. The Morgan fingerprint density at radius 3 is 1.32 bits per heavy atom. The van der Waals surface area contributed by atoms with Crippen LogP contribution < -0.4 is 0 Å². The van der Waals surface area contributed by atoms with Crippen molar-refractivity contribution in [3.8, 4) is 11.6 Å². The van der Waals surface area contributed by atoms with Crippen LogP contribution in [0.3, 0.4) is 0 Å². The summed E-state index contributed by atoms with van der Waals surface area (Å²) in [6.07, 6.45) is 0. The van der Waals surface area contributed by atoms with Crippen molar-refractivity contribution in [3.05, 3.63) is 119 Å².